The standard InChI is InChI=1S/C51H36F9IO9S7/c52-49(53,54)75(62,63)68-61(37-21-25-39(26-22-37)71-41-29-33-47(34-30-41)73(43-13-5-1-6-14-43,44-15-7-2-8-16-44)69-76(64,65)50(55,56)57)38-23-27-40(28-24-38)72-42-31-35-48(36-32-42)74(45-17-9-3-10-18-45,46-19-11-4-12-20-46)70-77(66,67)51(58,59)60/h1-36H. The van der Waals surface area contributed by atoms with Crippen LogP contribution in [0.15, 0.2) is 267 Å². The first-order valence-electron chi connectivity index (χ1n) is 21.6. The Kier molecular flexibility index (Phi) is 17.4. The Morgan fingerprint density at radius 2 is 0.519 bits per heavy atom. The molecule has 0 fully saturated rings. The van der Waals surface area contributed by atoms with Crippen molar-refractivity contribution in [1.29, 1.82) is 0 Å². The Morgan fingerprint density at radius 3 is 0.753 bits per heavy atom. The summed E-state index contributed by atoms with van der Waals surface area (Å²) in [5, 5.41) is 0. The Balaban J connectivity index is 1.06. The van der Waals surface area contributed by atoms with Crippen molar-refractivity contribution in [2.24, 2.45) is 0 Å². The number of hydrogen-bond acceptors (Lipinski definition) is 11. The second-order valence-electron chi connectivity index (χ2n) is 15.6. The number of rotatable bonds is 18. The summed E-state index contributed by atoms with van der Waals surface area (Å²) in [6, 6.07) is 53.9. The molecule has 0 amide bonds. The summed E-state index contributed by atoms with van der Waals surface area (Å²) < 4.78 is 217. The molecule has 9 nitrogen and oxygen atoms in total. The van der Waals surface area contributed by atoms with E-state index in [9.17, 15) is 64.8 Å². The van der Waals surface area contributed by atoms with E-state index in [0.717, 1.165) is 23.5 Å². The molecule has 0 unspecified atom stereocenters. The van der Waals surface area contributed by atoms with Gasteiger partial charge in [-0.05, 0) is 0 Å². The molecule has 26 heteroatoms. The first-order valence-corrected chi connectivity index (χ1v) is 33.7. The van der Waals surface area contributed by atoms with Crippen molar-refractivity contribution < 1.29 is 74.5 Å². The van der Waals surface area contributed by atoms with E-state index in [2.05, 4.69) is 0 Å². The van der Waals surface area contributed by atoms with E-state index < -0.39 is 87.7 Å². The molecule has 8 aromatic carbocycles. The Bertz CT molecular complexity index is 3350. The normalized spacial score (nSPS) is 13.7. The molecular weight excluding hydrogens is 1280 g/mol. The summed E-state index contributed by atoms with van der Waals surface area (Å²) in [6.45, 7) is 0. The molecule has 0 heterocycles. The molecule has 0 bridgehead atoms. The van der Waals surface area contributed by atoms with Gasteiger partial charge in [0.05, 0.1) is 0 Å². The third kappa shape index (κ3) is 12.7. The van der Waals surface area contributed by atoms with Crippen LogP contribution in [-0.4, -0.2) is 41.8 Å². The zero-order valence-electron chi connectivity index (χ0n) is 38.6. The van der Waals surface area contributed by atoms with Crippen molar-refractivity contribution in [1.82, 2.24) is 0 Å². The summed E-state index contributed by atoms with van der Waals surface area (Å²) in [4.78, 5) is 2.80. The maximum absolute atomic E-state index is 14.0. The molecule has 8 rings (SSSR count). The Morgan fingerprint density at radius 1 is 0.299 bits per heavy atom. The molecule has 406 valence electrons. The summed E-state index contributed by atoms with van der Waals surface area (Å²) in [5.41, 5.74) is -17.3. The molecular formula is C51H36F9IO9S7. The quantitative estimate of drug-likeness (QED) is 0.0462. The SMILES string of the molecule is O=S(=O)(OI(c1ccc(Sc2ccc(S(OS(=O)(=O)C(F)(F)F)(c3ccccc3)c3ccccc3)cc2)cc1)c1ccc(Sc2ccc(S(OS(=O)(=O)C(F)(F)F)(c3ccccc3)c3ccccc3)cc2)cc1)C(F)(F)F. The molecule has 0 radical (unpaired) electrons. The van der Waals surface area contributed by atoms with Gasteiger partial charge in [-0.3, -0.25) is 0 Å². The third-order valence-electron chi connectivity index (χ3n) is 10.5. The average Bonchev–Trinajstić information content (AvgIpc) is 3.44. The molecule has 0 aromatic heterocycles. The maximum atomic E-state index is 14.0. The van der Waals surface area contributed by atoms with Gasteiger partial charge >= 0.3 is 344 Å². The second kappa shape index (κ2) is 23.0. The number of benzene rings is 8. The first-order chi connectivity index (χ1) is 36.3. The molecule has 8 aromatic rings. The van der Waals surface area contributed by atoms with Crippen LogP contribution in [-0.2, 0) is 40.1 Å². The third-order valence-corrected chi connectivity index (χ3v) is 29.4. The number of alkyl halides is 9. The van der Waals surface area contributed by atoms with Crippen molar-refractivity contribution >= 4 is 94.7 Å². The van der Waals surface area contributed by atoms with Gasteiger partial charge in [0, 0.05) is 0 Å². The number of halogens is 10. The molecule has 77 heavy (non-hydrogen) atoms. The van der Waals surface area contributed by atoms with E-state index in [4.69, 9.17) is 9.77 Å². The van der Waals surface area contributed by atoms with Crippen LogP contribution < -0.4 is 0 Å². The van der Waals surface area contributed by atoms with Crippen LogP contribution >= 0.6 is 64.4 Å². The van der Waals surface area contributed by atoms with Crippen molar-refractivity contribution in [2.75, 3.05) is 0 Å². The fourth-order valence-corrected chi connectivity index (χ4v) is 24.6. The van der Waals surface area contributed by atoms with E-state index in [0.29, 0.717) is 19.6 Å². The van der Waals surface area contributed by atoms with E-state index in [-0.39, 0.29) is 36.5 Å². The van der Waals surface area contributed by atoms with Gasteiger partial charge in [0.25, 0.3) is 0 Å². The summed E-state index contributed by atoms with van der Waals surface area (Å²) in [6.07, 6.45) is 0. The van der Waals surface area contributed by atoms with Crippen LogP contribution in [0.5, 0.6) is 0 Å². The molecule has 0 saturated heterocycles. The van der Waals surface area contributed by atoms with E-state index in [1.165, 1.54) is 194 Å². The van der Waals surface area contributed by atoms with Crippen LogP contribution in [0.2, 0.25) is 0 Å². The summed E-state index contributed by atoms with van der Waals surface area (Å²) in [5.74, 6) is 0. The van der Waals surface area contributed by atoms with Crippen LogP contribution in [0.3, 0.4) is 0 Å². The van der Waals surface area contributed by atoms with Crippen molar-refractivity contribution in [3.63, 3.8) is 0 Å². The fourth-order valence-electron chi connectivity index (χ4n) is 7.07. The van der Waals surface area contributed by atoms with Gasteiger partial charge in [-0.2, -0.15) is 43.2 Å². The first kappa shape index (κ1) is 58.1. The van der Waals surface area contributed by atoms with Crippen molar-refractivity contribution in [3.05, 3.63) is 226 Å². The van der Waals surface area contributed by atoms with E-state index in [1.54, 1.807) is 24.3 Å². The van der Waals surface area contributed by atoms with Crippen molar-refractivity contribution in [3.8, 4) is 0 Å². The zero-order valence-corrected chi connectivity index (χ0v) is 46.5. The van der Waals surface area contributed by atoms with Gasteiger partial charge < -0.3 is 0 Å². The molecule has 0 saturated carbocycles. The van der Waals surface area contributed by atoms with Gasteiger partial charge in [0.2, 0.25) is 0 Å². The topological polar surface area (TPSA) is 130 Å². The number of hydrogen-bond donors (Lipinski definition) is 0. The van der Waals surface area contributed by atoms with Gasteiger partial charge in [-0.15, -0.1) is 0 Å². The van der Waals surface area contributed by atoms with Crippen LogP contribution in [0.25, 0.3) is 0 Å². The van der Waals surface area contributed by atoms with E-state index >= 15 is 0 Å². The summed E-state index contributed by atoms with van der Waals surface area (Å²) in [7, 11) is -25.6. The Hall–Kier alpha value is -5.01. The molecule has 0 atom stereocenters. The molecule has 0 aliphatic rings. The minimum absolute atomic E-state index is 0.102. The van der Waals surface area contributed by atoms with Gasteiger partial charge in [0.15, 0.2) is 0 Å². The Labute approximate surface area is 456 Å². The fraction of sp³-hybridized carbons (Fsp3) is 0.0588. The minimum atomic E-state index is -6.17. The van der Waals surface area contributed by atoms with Crippen LogP contribution in [0.1, 0.15) is 0 Å². The molecule has 0 N–H and O–H groups in total. The summed E-state index contributed by atoms with van der Waals surface area (Å²) >= 11 is -1.72. The second-order valence-corrected chi connectivity index (χ2v) is 33.2. The average molecular weight is 1320 g/mol. The molecule has 0 aliphatic heterocycles. The molecule has 0 spiro atoms. The van der Waals surface area contributed by atoms with Gasteiger partial charge in [-0.1, -0.05) is 72.8 Å². The van der Waals surface area contributed by atoms with Gasteiger partial charge in [0.1, 0.15) is 0 Å². The van der Waals surface area contributed by atoms with Crippen LogP contribution in [0, 0.1) is 7.14 Å². The predicted octanol–water partition coefficient (Wildman–Crippen LogP) is 16.4. The van der Waals surface area contributed by atoms with Gasteiger partial charge in [-0.25, -0.2) is 0 Å². The molecule has 0 aliphatic carbocycles. The monoisotopic (exact) mass is 1310 g/mol. The zero-order chi connectivity index (χ0) is 55.5. The van der Waals surface area contributed by atoms with Crippen LogP contribution in [0.4, 0.5) is 39.5 Å². The van der Waals surface area contributed by atoms with Crippen molar-refractivity contribution in [2.45, 2.75) is 65.5 Å². The predicted molar refractivity (Wildman–Crippen MR) is 284 cm³/mol. The van der Waals surface area contributed by atoms with E-state index in [1.807, 2.05) is 0 Å².